The molecule has 1 heterocycles. The SMILES string of the molecule is CCNS(=O)(=O)[C@H]1CCN(C[C@H]2C[C@H]3C=C[C@H]2C3)C1. The zero-order valence-corrected chi connectivity index (χ0v) is 12.4. The van der Waals surface area contributed by atoms with E-state index in [1.807, 2.05) is 6.92 Å². The van der Waals surface area contributed by atoms with Gasteiger partial charge in [-0.05, 0) is 43.6 Å². The Bertz CT molecular complexity index is 460. The van der Waals surface area contributed by atoms with Gasteiger partial charge in [-0.2, -0.15) is 0 Å². The van der Waals surface area contributed by atoms with Crippen molar-refractivity contribution in [1.29, 1.82) is 0 Å². The normalized spacial score (nSPS) is 38.4. The molecule has 0 aromatic rings. The molecule has 0 aromatic heterocycles. The van der Waals surface area contributed by atoms with Gasteiger partial charge in [-0.3, -0.25) is 0 Å². The van der Waals surface area contributed by atoms with Gasteiger partial charge >= 0.3 is 0 Å². The minimum atomic E-state index is -3.09. The van der Waals surface area contributed by atoms with Gasteiger partial charge in [0, 0.05) is 19.6 Å². The molecule has 0 radical (unpaired) electrons. The number of allylic oxidation sites excluding steroid dienone is 2. The van der Waals surface area contributed by atoms with Gasteiger partial charge in [0.1, 0.15) is 0 Å². The van der Waals surface area contributed by atoms with E-state index in [2.05, 4.69) is 21.8 Å². The lowest BCUT2D eigenvalue weighted by atomic mass is 9.93. The molecule has 4 atom stereocenters. The van der Waals surface area contributed by atoms with Crippen molar-refractivity contribution in [3.8, 4) is 0 Å². The van der Waals surface area contributed by atoms with Gasteiger partial charge < -0.3 is 4.90 Å². The maximum atomic E-state index is 12.0. The molecule has 0 aromatic carbocycles. The van der Waals surface area contributed by atoms with Gasteiger partial charge in [0.25, 0.3) is 0 Å². The number of sulfonamides is 1. The van der Waals surface area contributed by atoms with E-state index in [0.29, 0.717) is 13.1 Å². The highest BCUT2D eigenvalue weighted by atomic mass is 32.2. The fourth-order valence-electron chi connectivity index (χ4n) is 3.97. The standard InChI is InChI=1S/C14H24N2O2S/c1-2-15-19(17,18)14-5-6-16(10-14)9-13-8-11-3-4-12(13)7-11/h3-4,11-15H,2,5-10H2,1H3/t11-,12-,13+,14-/m0/s1. The first-order valence-corrected chi connectivity index (χ1v) is 9.02. The fourth-order valence-corrected chi connectivity index (χ4v) is 5.43. The molecule has 1 saturated heterocycles. The van der Waals surface area contributed by atoms with Crippen LogP contribution in [-0.4, -0.2) is 44.7 Å². The van der Waals surface area contributed by atoms with E-state index >= 15 is 0 Å². The van der Waals surface area contributed by atoms with Gasteiger partial charge in [-0.15, -0.1) is 0 Å². The first kappa shape index (κ1) is 13.6. The third kappa shape index (κ3) is 2.73. The maximum Gasteiger partial charge on any atom is 0.215 e. The van der Waals surface area contributed by atoms with E-state index < -0.39 is 10.0 Å². The van der Waals surface area contributed by atoms with Crippen molar-refractivity contribution in [2.45, 2.75) is 31.4 Å². The minimum Gasteiger partial charge on any atom is -0.302 e. The molecule has 2 bridgehead atoms. The lowest BCUT2D eigenvalue weighted by Crippen LogP contribution is -2.37. The van der Waals surface area contributed by atoms with E-state index in [0.717, 1.165) is 37.3 Å². The van der Waals surface area contributed by atoms with Crippen molar-refractivity contribution in [3.05, 3.63) is 12.2 Å². The van der Waals surface area contributed by atoms with E-state index in [1.165, 1.54) is 12.8 Å². The van der Waals surface area contributed by atoms with E-state index in [4.69, 9.17) is 0 Å². The predicted octanol–water partition coefficient (Wildman–Crippen LogP) is 1.21. The van der Waals surface area contributed by atoms with Crippen molar-refractivity contribution in [2.24, 2.45) is 17.8 Å². The van der Waals surface area contributed by atoms with Gasteiger partial charge in [0.05, 0.1) is 5.25 Å². The summed E-state index contributed by atoms with van der Waals surface area (Å²) in [5.74, 6) is 2.32. The highest BCUT2D eigenvalue weighted by Gasteiger charge is 2.39. The molecule has 108 valence electrons. The molecular weight excluding hydrogens is 260 g/mol. The van der Waals surface area contributed by atoms with Crippen LogP contribution in [0, 0.1) is 17.8 Å². The number of nitrogens with zero attached hydrogens (tertiary/aromatic N) is 1. The molecule has 0 unspecified atom stereocenters. The highest BCUT2D eigenvalue weighted by molar-refractivity contribution is 7.90. The Morgan fingerprint density at radius 1 is 1.32 bits per heavy atom. The number of hydrogen-bond acceptors (Lipinski definition) is 3. The zero-order chi connectivity index (χ0) is 13.5. The molecule has 1 aliphatic heterocycles. The lowest BCUT2D eigenvalue weighted by Gasteiger charge is -2.24. The molecule has 0 spiro atoms. The summed E-state index contributed by atoms with van der Waals surface area (Å²) in [5, 5.41) is -0.207. The fraction of sp³-hybridized carbons (Fsp3) is 0.857. The number of fused-ring (bicyclic) bond motifs is 2. The van der Waals surface area contributed by atoms with Crippen LogP contribution in [0.25, 0.3) is 0 Å². The lowest BCUT2D eigenvalue weighted by molar-refractivity contribution is 0.255. The Kier molecular flexibility index (Phi) is 3.71. The molecule has 19 heavy (non-hydrogen) atoms. The highest BCUT2D eigenvalue weighted by Crippen LogP contribution is 2.43. The molecule has 5 heteroatoms. The molecule has 0 amide bonds. The van der Waals surface area contributed by atoms with Crippen LogP contribution in [0.5, 0.6) is 0 Å². The minimum absolute atomic E-state index is 0.207. The van der Waals surface area contributed by atoms with Crippen molar-refractivity contribution < 1.29 is 8.42 Å². The average Bonchev–Trinajstić information content (AvgIpc) is 3.04. The number of rotatable bonds is 5. The van der Waals surface area contributed by atoms with Crippen LogP contribution in [0.2, 0.25) is 0 Å². The van der Waals surface area contributed by atoms with Crippen molar-refractivity contribution in [2.75, 3.05) is 26.2 Å². The molecule has 3 rings (SSSR count). The van der Waals surface area contributed by atoms with Crippen LogP contribution >= 0.6 is 0 Å². The summed E-state index contributed by atoms with van der Waals surface area (Å²) in [5.41, 5.74) is 0. The first-order valence-electron chi connectivity index (χ1n) is 7.47. The predicted molar refractivity (Wildman–Crippen MR) is 76.3 cm³/mol. The van der Waals surface area contributed by atoms with Crippen LogP contribution in [0.3, 0.4) is 0 Å². The summed E-state index contributed by atoms with van der Waals surface area (Å²) < 4.78 is 26.6. The Labute approximate surface area is 116 Å². The smallest absolute Gasteiger partial charge is 0.215 e. The van der Waals surface area contributed by atoms with Crippen LogP contribution in [0.15, 0.2) is 12.2 Å². The van der Waals surface area contributed by atoms with E-state index in [9.17, 15) is 8.42 Å². The molecule has 4 nitrogen and oxygen atoms in total. The van der Waals surface area contributed by atoms with Crippen molar-refractivity contribution in [3.63, 3.8) is 0 Å². The summed E-state index contributed by atoms with van der Waals surface area (Å²) in [6, 6.07) is 0. The first-order chi connectivity index (χ1) is 9.08. The third-order valence-electron chi connectivity index (χ3n) is 4.92. The maximum absolute atomic E-state index is 12.0. The Hall–Kier alpha value is -0.390. The monoisotopic (exact) mass is 284 g/mol. The molecular formula is C14H24N2O2S. The second-order valence-corrected chi connectivity index (χ2v) is 8.30. The summed E-state index contributed by atoms with van der Waals surface area (Å²) in [6.45, 7) is 5.07. The Balaban J connectivity index is 1.54. The Morgan fingerprint density at radius 2 is 2.16 bits per heavy atom. The zero-order valence-electron chi connectivity index (χ0n) is 11.6. The topological polar surface area (TPSA) is 49.4 Å². The van der Waals surface area contributed by atoms with Gasteiger partial charge in [-0.25, -0.2) is 13.1 Å². The number of hydrogen-bond donors (Lipinski definition) is 1. The second kappa shape index (κ2) is 5.19. The number of nitrogens with one attached hydrogen (secondary N) is 1. The van der Waals surface area contributed by atoms with Crippen molar-refractivity contribution >= 4 is 10.0 Å². The molecule has 1 saturated carbocycles. The van der Waals surface area contributed by atoms with Gasteiger partial charge in [-0.1, -0.05) is 19.1 Å². The summed E-state index contributed by atoms with van der Waals surface area (Å²) in [4.78, 5) is 2.36. The quantitative estimate of drug-likeness (QED) is 0.772. The van der Waals surface area contributed by atoms with Gasteiger partial charge in [0.2, 0.25) is 10.0 Å². The van der Waals surface area contributed by atoms with E-state index in [1.54, 1.807) is 0 Å². The summed E-state index contributed by atoms with van der Waals surface area (Å²) >= 11 is 0. The van der Waals surface area contributed by atoms with Crippen LogP contribution < -0.4 is 4.72 Å². The molecule has 2 aliphatic carbocycles. The Morgan fingerprint density at radius 3 is 2.79 bits per heavy atom. The molecule has 1 N–H and O–H groups in total. The largest absolute Gasteiger partial charge is 0.302 e. The second-order valence-electron chi connectivity index (χ2n) is 6.25. The van der Waals surface area contributed by atoms with Gasteiger partial charge in [0.15, 0.2) is 0 Å². The van der Waals surface area contributed by atoms with Crippen LogP contribution in [-0.2, 0) is 10.0 Å². The van der Waals surface area contributed by atoms with Crippen molar-refractivity contribution in [1.82, 2.24) is 9.62 Å². The number of likely N-dealkylation sites (tertiary alicyclic amines) is 1. The summed E-state index contributed by atoms with van der Waals surface area (Å²) in [7, 11) is -3.09. The third-order valence-corrected chi connectivity index (χ3v) is 6.88. The molecule has 3 aliphatic rings. The van der Waals surface area contributed by atoms with Crippen LogP contribution in [0.4, 0.5) is 0 Å². The molecule has 2 fully saturated rings. The van der Waals surface area contributed by atoms with Crippen LogP contribution in [0.1, 0.15) is 26.2 Å². The summed E-state index contributed by atoms with van der Waals surface area (Å²) in [6.07, 6.45) is 8.16. The average molecular weight is 284 g/mol. The van der Waals surface area contributed by atoms with E-state index in [-0.39, 0.29) is 5.25 Å².